The average molecular weight is 146 g/mol. The molecule has 0 aliphatic rings. The van der Waals surface area contributed by atoms with Crippen LogP contribution in [-0.4, -0.2) is 9.97 Å². The second-order valence-corrected chi connectivity index (χ2v) is 2.35. The van der Waals surface area contributed by atoms with Gasteiger partial charge in [-0.25, -0.2) is 9.97 Å². The molecular formula is C9H10N2. The SMILES string of the molecule is C#CCCc1cc(C)ncn1. The van der Waals surface area contributed by atoms with Gasteiger partial charge in [-0.1, -0.05) is 0 Å². The highest BCUT2D eigenvalue weighted by molar-refractivity contribution is 5.07. The topological polar surface area (TPSA) is 25.8 Å². The fourth-order valence-electron chi connectivity index (χ4n) is 0.847. The first-order valence-electron chi connectivity index (χ1n) is 3.54. The first-order chi connectivity index (χ1) is 5.33. The van der Waals surface area contributed by atoms with E-state index in [0.29, 0.717) is 0 Å². The van der Waals surface area contributed by atoms with Crippen molar-refractivity contribution in [3.8, 4) is 12.3 Å². The largest absolute Gasteiger partial charge is 0.242 e. The van der Waals surface area contributed by atoms with Gasteiger partial charge in [0.05, 0.1) is 0 Å². The first-order valence-corrected chi connectivity index (χ1v) is 3.54. The second kappa shape index (κ2) is 3.72. The minimum absolute atomic E-state index is 0.746. The summed E-state index contributed by atoms with van der Waals surface area (Å²) in [7, 11) is 0. The van der Waals surface area contributed by atoms with Crippen LogP contribution in [0.2, 0.25) is 0 Å². The smallest absolute Gasteiger partial charge is 0.115 e. The Hall–Kier alpha value is -1.36. The van der Waals surface area contributed by atoms with Gasteiger partial charge in [-0.15, -0.1) is 12.3 Å². The van der Waals surface area contributed by atoms with E-state index >= 15 is 0 Å². The van der Waals surface area contributed by atoms with Crippen LogP contribution >= 0.6 is 0 Å². The molecule has 0 unspecified atom stereocenters. The maximum atomic E-state index is 5.12. The van der Waals surface area contributed by atoms with Crippen LogP contribution in [0.1, 0.15) is 17.8 Å². The Bertz CT molecular complexity index is 273. The molecule has 1 aromatic rings. The Morgan fingerprint density at radius 1 is 1.55 bits per heavy atom. The third kappa shape index (κ3) is 2.38. The third-order valence-electron chi connectivity index (χ3n) is 1.39. The summed E-state index contributed by atoms with van der Waals surface area (Å²) in [6, 6.07) is 1.96. The molecule has 0 aromatic carbocycles. The molecule has 1 aromatic heterocycles. The number of terminal acetylenes is 1. The van der Waals surface area contributed by atoms with Crippen molar-refractivity contribution >= 4 is 0 Å². The summed E-state index contributed by atoms with van der Waals surface area (Å²) in [5.41, 5.74) is 2.02. The fraction of sp³-hybridized carbons (Fsp3) is 0.333. The van der Waals surface area contributed by atoms with Gasteiger partial charge in [0, 0.05) is 24.2 Å². The molecule has 0 N–H and O–H groups in total. The van der Waals surface area contributed by atoms with Crippen molar-refractivity contribution in [3.63, 3.8) is 0 Å². The summed E-state index contributed by atoms with van der Waals surface area (Å²) in [6.07, 6.45) is 8.29. The third-order valence-corrected chi connectivity index (χ3v) is 1.39. The number of aryl methyl sites for hydroxylation is 2. The molecule has 0 saturated carbocycles. The number of nitrogens with zero attached hydrogens (tertiary/aromatic N) is 2. The van der Waals surface area contributed by atoms with E-state index in [4.69, 9.17) is 6.42 Å². The van der Waals surface area contributed by atoms with Gasteiger partial charge in [-0.05, 0) is 13.0 Å². The van der Waals surface area contributed by atoms with Gasteiger partial charge in [0.1, 0.15) is 6.33 Å². The van der Waals surface area contributed by atoms with Gasteiger partial charge in [0.2, 0.25) is 0 Å². The van der Waals surface area contributed by atoms with E-state index in [2.05, 4.69) is 15.9 Å². The highest BCUT2D eigenvalue weighted by atomic mass is 14.8. The van der Waals surface area contributed by atoms with Gasteiger partial charge < -0.3 is 0 Å². The molecule has 0 bridgehead atoms. The normalized spacial score (nSPS) is 9.09. The Morgan fingerprint density at radius 2 is 2.36 bits per heavy atom. The van der Waals surface area contributed by atoms with E-state index in [1.165, 1.54) is 0 Å². The van der Waals surface area contributed by atoms with Crippen molar-refractivity contribution in [2.24, 2.45) is 0 Å². The molecule has 0 spiro atoms. The second-order valence-electron chi connectivity index (χ2n) is 2.35. The molecule has 0 fully saturated rings. The first kappa shape index (κ1) is 7.74. The lowest BCUT2D eigenvalue weighted by atomic mass is 10.2. The minimum atomic E-state index is 0.746. The van der Waals surface area contributed by atoms with E-state index < -0.39 is 0 Å². The molecule has 0 atom stereocenters. The lowest BCUT2D eigenvalue weighted by Crippen LogP contribution is -1.91. The number of rotatable bonds is 2. The summed E-state index contributed by atoms with van der Waals surface area (Å²) in [6.45, 7) is 1.95. The van der Waals surface area contributed by atoms with Gasteiger partial charge in [0.25, 0.3) is 0 Å². The highest BCUT2D eigenvalue weighted by Crippen LogP contribution is 1.98. The fourth-order valence-corrected chi connectivity index (χ4v) is 0.847. The number of aromatic nitrogens is 2. The van der Waals surface area contributed by atoms with Crippen molar-refractivity contribution in [3.05, 3.63) is 23.8 Å². The summed E-state index contributed by atoms with van der Waals surface area (Å²) in [5.74, 6) is 2.58. The molecule has 1 heterocycles. The average Bonchev–Trinajstić information content (AvgIpc) is 2.01. The van der Waals surface area contributed by atoms with Crippen LogP contribution in [-0.2, 0) is 6.42 Å². The van der Waals surface area contributed by atoms with Gasteiger partial charge >= 0.3 is 0 Å². The van der Waals surface area contributed by atoms with Crippen molar-refractivity contribution in [2.45, 2.75) is 19.8 Å². The van der Waals surface area contributed by atoms with Crippen LogP contribution in [0.25, 0.3) is 0 Å². The van der Waals surface area contributed by atoms with Crippen molar-refractivity contribution < 1.29 is 0 Å². The monoisotopic (exact) mass is 146 g/mol. The molecule has 56 valence electrons. The Kier molecular flexibility index (Phi) is 2.62. The maximum Gasteiger partial charge on any atom is 0.115 e. The Labute approximate surface area is 66.7 Å². The molecular weight excluding hydrogens is 136 g/mol. The zero-order valence-electron chi connectivity index (χ0n) is 6.54. The van der Waals surface area contributed by atoms with E-state index in [-0.39, 0.29) is 0 Å². The van der Waals surface area contributed by atoms with Gasteiger partial charge in [-0.3, -0.25) is 0 Å². The molecule has 2 nitrogen and oxygen atoms in total. The molecule has 2 heteroatoms. The van der Waals surface area contributed by atoms with Gasteiger partial charge in [-0.2, -0.15) is 0 Å². The van der Waals surface area contributed by atoms with Crippen LogP contribution < -0.4 is 0 Å². The van der Waals surface area contributed by atoms with Crippen LogP contribution in [0.5, 0.6) is 0 Å². The van der Waals surface area contributed by atoms with Crippen molar-refractivity contribution in [2.75, 3.05) is 0 Å². The summed E-state index contributed by atoms with van der Waals surface area (Å²) in [4.78, 5) is 8.06. The van der Waals surface area contributed by atoms with Crippen molar-refractivity contribution in [1.29, 1.82) is 0 Å². The molecule has 11 heavy (non-hydrogen) atoms. The number of hydrogen-bond donors (Lipinski definition) is 0. The summed E-state index contributed by atoms with van der Waals surface area (Å²) in [5, 5.41) is 0. The molecule has 0 radical (unpaired) electrons. The quantitative estimate of drug-likeness (QED) is 0.588. The zero-order valence-corrected chi connectivity index (χ0v) is 6.54. The lowest BCUT2D eigenvalue weighted by molar-refractivity contribution is 0.929. The number of hydrogen-bond acceptors (Lipinski definition) is 2. The summed E-state index contributed by atoms with van der Waals surface area (Å²) >= 11 is 0. The Balaban J connectivity index is 2.65. The summed E-state index contributed by atoms with van der Waals surface area (Å²) < 4.78 is 0. The molecule has 0 saturated heterocycles. The molecule has 0 amide bonds. The predicted molar refractivity (Wildman–Crippen MR) is 43.9 cm³/mol. The molecule has 1 rings (SSSR count). The zero-order chi connectivity index (χ0) is 8.10. The predicted octanol–water partition coefficient (Wildman–Crippen LogP) is 1.35. The van der Waals surface area contributed by atoms with E-state index in [1.807, 2.05) is 13.0 Å². The lowest BCUT2D eigenvalue weighted by Gasteiger charge is -1.96. The van der Waals surface area contributed by atoms with Crippen molar-refractivity contribution in [1.82, 2.24) is 9.97 Å². The minimum Gasteiger partial charge on any atom is -0.242 e. The molecule has 0 aliphatic heterocycles. The van der Waals surface area contributed by atoms with Crippen LogP contribution in [0.15, 0.2) is 12.4 Å². The van der Waals surface area contributed by atoms with Gasteiger partial charge in [0.15, 0.2) is 0 Å². The maximum absolute atomic E-state index is 5.12. The van der Waals surface area contributed by atoms with E-state index in [0.717, 1.165) is 24.2 Å². The van der Waals surface area contributed by atoms with E-state index in [9.17, 15) is 0 Å². The van der Waals surface area contributed by atoms with Crippen LogP contribution in [0.3, 0.4) is 0 Å². The molecule has 0 aliphatic carbocycles. The van der Waals surface area contributed by atoms with Crippen LogP contribution in [0, 0.1) is 19.3 Å². The standard InChI is InChI=1S/C9H10N2/c1-3-4-5-9-6-8(2)10-7-11-9/h1,6-7H,4-5H2,2H3. The van der Waals surface area contributed by atoms with Crippen LogP contribution in [0.4, 0.5) is 0 Å². The highest BCUT2D eigenvalue weighted by Gasteiger charge is 1.92. The Morgan fingerprint density at radius 3 is 3.00 bits per heavy atom. The van der Waals surface area contributed by atoms with E-state index in [1.54, 1.807) is 6.33 Å².